The Balaban J connectivity index is 2.61. The fraction of sp³-hybridized carbons (Fsp3) is 0.533. The SMILES string of the molecule is CN(Cc1ccc(C(C)(C)C)cc1)CC(N)C(=O)O. The molecule has 0 aromatic heterocycles. The van der Waals surface area contributed by atoms with Gasteiger partial charge in [0.25, 0.3) is 0 Å². The monoisotopic (exact) mass is 264 g/mol. The number of hydrogen-bond donors (Lipinski definition) is 2. The molecule has 0 fully saturated rings. The first-order valence-corrected chi connectivity index (χ1v) is 6.46. The molecule has 0 aliphatic carbocycles. The zero-order valence-corrected chi connectivity index (χ0v) is 12.2. The van der Waals surface area contributed by atoms with Gasteiger partial charge in [0, 0.05) is 13.1 Å². The molecule has 1 rings (SSSR count). The molecule has 0 aliphatic heterocycles. The predicted molar refractivity (Wildman–Crippen MR) is 77.1 cm³/mol. The van der Waals surface area contributed by atoms with Crippen LogP contribution in [0.15, 0.2) is 24.3 Å². The first-order valence-electron chi connectivity index (χ1n) is 6.46. The highest BCUT2D eigenvalue weighted by Crippen LogP contribution is 2.22. The molecular weight excluding hydrogens is 240 g/mol. The van der Waals surface area contributed by atoms with Gasteiger partial charge in [-0.1, -0.05) is 45.0 Å². The lowest BCUT2D eigenvalue weighted by atomic mass is 9.87. The van der Waals surface area contributed by atoms with E-state index in [0.29, 0.717) is 13.1 Å². The zero-order valence-electron chi connectivity index (χ0n) is 12.2. The Kier molecular flexibility index (Phi) is 5.09. The van der Waals surface area contributed by atoms with E-state index in [1.165, 1.54) is 5.56 Å². The molecule has 0 bridgehead atoms. The Morgan fingerprint density at radius 3 is 2.26 bits per heavy atom. The van der Waals surface area contributed by atoms with Crippen molar-refractivity contribution in [3.8, 4) is 0 Å². The van der Waals surface area contributed by atoms with Crippen LogP contribution in [0.5, 0.6) is 0 Å². The second-order valence-electron chi connectivity index (χ2n) is 6.09. The van der Waals surface area contributed by atoms with E-state index in [1.54, 1.807) is 0 Å². The second kappa shape index (κ2) is 6.17. The number of carboxylic acid groups (broad SMARTS) is 1. The molecule has 0 amide bonds. The lowest BCUT2D eigenvalue weighted by molar-refractivity contribution is -0.138. The van der Waals surface area contributed by atoms with Crippen LogP contribution in [0.3, 0.4) is 0 Å². The maximum atomic E-state index is 10.7. The molecule has 0 spiro atoms. The summed E-state index contributed by atoms with van der Waals surface area (Å²) < 4.78 is 0. The van der Waals surface area contributed by atoms with E-state index >= 15 is 0 Å². The van der Waals surface area contributed by atoms with Gasteiger partial charge in [-0.15, -0.1) is 0 Å². The third-order valence-electron chi connectivity index (χ3n) is 3.10. The van der Waals surface area contributed by atoms with Gasteiger partial charge in [0.15, 0.2) is 0 Å². The van der Waals surface area contributed by atoms with Gasteiger partial charge in [0.1, 0.15) is 6.04 Å². The molecule has 0 radical (unpaired) electrons. The molecule has 19 heavy (non-hydrogen) atoms. The van der Waals surface area contributed by atoms with Gasteiger partial charge in [-0.2, -0.15) is 0 Å². The standard InChI is InChI=1S/C15H24N2O2/c1-15(2,3)12-7-5-11(6-8-12)9-17(4)10-13(16)14(18)19/h5-8,13H,9-10,16H2,1-4H3,(H,18,19). The first kappa shape index (κ1) is 15.7. The maximum absolute atomic E-state index is 10.7. The molecule has 1 aromatic carbocycles. The lowest BCUT2D eigenvalue weighted by Gasteiger charge is -2.21. The zero-order chi connectivity index (χ0) is 14.6. The molecule has 106 valence electrons. The van der Waals surface area contributed by atoms with E-state index in [9.17, 15) is 4.79 Å². The molecule has 0 aliphatic rings. The Morgan fingerprint density at radius 1 is 1.32 bits per heavy atom. The molecule has 0 saturated heterocycles. The van der Waals surface area contributed by atoms with Crippen molar-refractivity contribution in [2.45, 2.75) is 38.8 Å². The van der Waals surface area contributed by atoms with Gasteiger partial charge >= 0.3 is 5.97 Å². The summed E-state index contributed by atoms with van der Waals surface area (Å²) in [4.78, 5) is 12.6. The van der Waals surface area contributed by atoms with Crippen LogP contribution in [-0.2, 0) is 16.8 Å². The number of likely N-dealkylation sites (N-methyl/N-ethyl adjacent to an activating group) is 1. The minimum absolute atomic E-state index is 0.149. The summed E-state index contributed by atoms with van der Waals surface area (Å²) in [5.41, 5.74) is 8.11. The molecule has 1 unspecified atom stereocenters. The minimum Gasteiger partial charge on any atom is -0.480 e. The topological polar surface area (TPSA) is 66.6 Å². The Morgan fingerprint density at radius 2 is 1.84 bits per heavy atom. The molecule has 4 nitrogen and oxygen atoms in total. The maximum Gasteiger partial charge on any atom is 0.321 e. The van der Waals surface area contributed by atoms with Crippen molar-refractivity contribution in [3.05, 3.63) is 35.4 Å². The average Bonchev–Trinajstić information content (AvgIpc) is 2.28. The van der Waals surface area contributed by atoms with Gasteiger partial charge in [0.05, 0.1) is 0 Å². The second-order valence-corrected chi connectivity index (χ2v) is 6.09. The molecule has 0 heterocycles. The molecule has 3 N–H and O–H groups in total. The van der Waals surface area contributed by atoms with Gasteiger partial charge in [-0.25, -0.2) is 0 Å². The molecule has 1 atom stereocenters. The van der Waals surface area contributed by atoms with Crippen molar-refractivity contribution < 1.29 is 9.90 Å². The highest BCUT2D eigenvalue weighted by atomic mass is 16.4. The van der Waals surface area contributed by atoms with E-state index in [-0.39, 0.29) is 5.41 Å². The van der Waals surface area contributed by atoms with Crippen LogP contribution in [0, 0.1) is 0 Å². The van der Waals surface area contributed by atoms with Crippen LogP contribution >= 0.6 is 0 Å². The van der Waals surface area contributed by atoms with Gasteiger partial charge in [-0.3, -0.25) is 9.69 Å². The van der Waals surface area contributed by atoms with Crippen molar-refractivity contribution in [1.29, 1.82) is 0 Å². The van der Waals surface area contributed by atoms with Crippen molar-refractivity contribution in [3.63, 3.8) is 0 Å². The predicted octanol–water partition coefficient (Wildman–Crippen LogP) is 1.83. The number of nitrogens with zero attached hydrogens (tertiary/aromatic N) is 1. The number of nitrogens with two attached hydrogens (primary N) is 1. The quantitative estimate of drug-likeness (QED) is 0.851. The number of benzene rings is 1. The minimum atomic E-state index is -0.963. The third-order valence-corrected chi connectivity index (χ3v) is 3.10. The van der Waals surface area contributed by atoms with Crippen LogP contribution in [-0.4, -0.2) is 35.6 Å². The molecular formula is C15H24N2O2. The highest BCUT2D eigenvalue weighted by Gasteiger charge is 2.15. The van der Waals surface area contributed by atoms with Crippen LogP contribution in [0.1, 0.15) is 31.9 Å². The average molecular weight is 264 g/mol. The number of carboxylic acids is 1. The first-order chi connectivity index (χ1) is 8.70. The number of aliphatic carboxylic acids is 1. The summed E-state index contributed by atoms with van der Waals surface area (Å²) in [5.74, 6) is -0.963. The number of rotatable bonds is 5. The van der Waals surface area contributed by atoms with E-state index < -0.39 is 12.0 Å². The summed E-state index contributed by atoms with van der Waals surface area (Å²) in [6.45, 7) is 7.59. The molecule has 1 aromatic rings. The molecule has 4 heteroatoms. The fourth-order valence-corrected chi connectivity index (χ4v) is 1.90. The van der Waals surface area contributed by atoms with Crippen LogP contribution in [0.4, 0.5) is 0 Å². The number of carbonyl (C=O) groups is 1. The van der Waals surface area contributed by atoms with Crippen LogP contribution in [0.25, 0.3) is 0 Å². The van der Waals surface area contributed by atoms with E-state index in [0.717, 1.165) is 5.56 Å². The Labute approximate surface area is 115 Å². The van der Waals surface area contributed by atoms with Crippen LogP contribution < -0.4 is 5.73 Å². The van der Waals surface area contributed by atoms with Crippen LogP contribution in [0.2, 0.25) is 0 Å². The third kappa shape index (κ3) is 5.01. The van der Waals surface area contributed by atoms with Crippen molar-refractivity contribution >= 4 is 5.97 Å². The van der Waals surface area contributed by atoms with E-state index in [2.05, 4.69) is 45.0 Å². The summed E-state index contributed by atoms with van der Waals surface area (Å²) >= 11 is 0. The Hall–Kier alpha value is -1.39. The summed E-state index contributed by atoms with van der Waals surface area (Å²) in [7, 11) is 1.88. The highest BCUT2D eigenvalue weighted by molar-refractivity contribution is 5.73. The smallest absolute Gasteiger partial charge is 0.321 e. The molecule has 0 saturated carbocycles. The summed E-state index contributed by atoms with van der Waals surface area (Å²) in [6, 6.07) is 7.59. The summed E-state index contributed by atoms with van der Waals surface area (Å²) in [6.07, 6.45) is 0. The van der Waals surface area contributed by atoms with Gasteiger partial charge in [-0.05, 0) is 23.6 Å². The summed E-state index contributed by atoms with van der Waals surface area (Å²) in [5, 5.41) is 8.77. The van der Waals surface area contributed by atoms with Crippen molar-refractivity contribution in [2.75, 3.05) is 13.6 Å². The normalized spacial score (nSPS) is 13.6. The largest absolute Gasteiger partial charge is 0.480 e. The number of hydrogen-bond acceptors (Lipinski definition) is 3. The van der Waals surface area contributed by atoms with E-state index in [4.69, 9.17) is 10.8 Å². The van der Waals surface area contributed by atoms with Gasteiger partial charge < -0.3 is 10.8 Å². The lowest BCUT2D eigenvalue weighted by Crippen LogP contribution is -2.40. The Bertz CT molecular complexity index is 421. The van der Waals surface area contributed by atoms with Crippen molar-refractivity contribution in [1.82, 2.24) is 4.90 Å². The van der Waals surface area contributed by atoms with Gasteiger partial charge in [0.2, 0.25) is 0 Å². The van der Waals surface area contributed by atoms with E-state index in [1.807, 2.05) is 11.9 Å². The fourth-order valence-electron chi connectivity index (χ4n) is 1.90. The van der Waals surface area contributed by atoms with Crippen molar-refractivity contribution in [2.24, 2.45) is 5.73 Å².